The molecule has 2 aliphatic heterocycles. The number of aromatic nitrogens is 14. The number of hydrogen-bond donors (Lipinski definition) is 1. The van der Waals surface area contributed by atoms with Crippen molar-refractivity contribution in [2.45, 2.75) is 174 Å². The molecule has 2 fully saturated rings. The van der Waals surface area contributed by atoms with E-state index in [9.17, 15) is 4.79 Å². The number of amides is 1. The van der Waals surface area contributed by atoms with Crippen molar-refractivity contribution in [3.63, 3.8) is 0 Å². The SMILES string of the molecule is C(COCCOCC1CO1)OCCOCC1CO1.CCCCCC[n+]1ccc(C(C)CC(CC(CC)c2cc[n+](CCCCCC(=O)NCCCCCCn3ccnc3-c3cccc(C)n3)cc2)c2ccncc2)cc1.Cn1ccnc1-c1nccn1C.Cn1ccnc1-c1nccn1C.[Os]. The Labute approximate surface area is 613 Å². The van der Waals surface area contributed by atoms with Crippen LogP contribution in [0.3, 0.4) is 0 Å². The molecule has 1 N–H and O–H groups in total. The van der Waals surface area contributed by atoms with Gasteiger partial charge in [-0.15, -0.1) is 0 Å². The van der Waals surface area contributed by atoms with E-state index in [-0.39, 0.29) is 25.7 Å². The quantitative estimate of drug-likeness (QED) is 0.0214. The molecule has 0 radical (unpaired) electrons. The third-order valence-electron chi connectivity index (χ3n) is 18.0. The van der Waals surface area contributed by atoms with E-state index in [1.54, 1.807) is 24.8 Å². The van der Waals surface area contributed by atoms with Gasteiger partial charge in [0.2, 0.25) is 5.91 Å². The first-order valence-electron chi connectivity index (χ1n) is 36.5. The van der Waals surface area contributed by atoms with Crippen LogP contribution in [0.25, 0.3) is 34.8 Å². The molecule has 0 spiro atoms. The van der Waals surface area contributed by atoms with Crippen LogP contribution >= 0.6 is 0 Å². The molecule has 0 aromatic carbocycles. The Morgan fingerprint density at radius 3 is 1.49 bits per heavy atom. The van der Waals surface area contributed by atoms with Crippen molar-refractivity contribution in [3.8, 4) is 34.8 Å². The number of unbranched alkanes of at least 4 members (excludes halogenated alkanes) is 8. The standard InChI is InChI=1S/C50H70N7O.C12H22O6.2C8H10N4.Os/c1-5-7-8-14-31-55-34-23-44(24-35-55)41(3)39-47(45-21-28-51-29-22-45)40-43(6-2)46-25-36-56(37-26-46)32-15-11-12-20-49(58)52-27-13-9-10-16-33-57-38-30-53-50(57)48-19-17-18-42(4)54-48;1(13-3-5-15-7-11-9-17-11)2-14-4-6-16-8-12-10-18-12;2*1-11-5-3-9-7(11)8-10-4-6-12(8)2;/h17-19,21-26,28-30,34-38,41,43,47H,5-16,20,27,31-33,39-40H2,1-4H3;11-12H,1-10H2;2*3-6H,1-2H3;/q+1;;;;/p+1. The van der Waals surface area contributed by atoms with Crippen LogP contribution < -0.4 is 14.5 Å². The predicted molar refractivity (Wildman–Crippen MR) is 389 cm³/mol. The first kappa shape index (κ1) is 80.8. The second-order valence-electron chi connectivity index (χ2n) is 26.2. The number of pyridine rings is 4. The number of nitrogens with zero attached hydrogens (tertiary/aromatic N) is 14. The van der Waals surface area contributed by atoms with Crippen LogP contribution in [0.4, 0.5) is 0 Å². The summed E-state index contributed by atoms with van der Waals surface area (Å²) in [5, 5.41) is 3.14. The van der Waals surface area contributed by atoms with E-state index in [1.165, 1.54) is 42.4 Å². The molecule has 2 saturated heterocycles. The van der Waals surface area contributed by atoms with Crippen LogP contribution in [0, 0.1) is 6.92 Å². The summed E-state index contributed by atoms with van der Waals surface area (Å²) in [6, 6.07) is 19.8. The molecule has 101 heavy (non-hydrogen) atoms. The van der Waals surface area contributed by atoms with Gasteiger partial charge in [-0.3, -0.25) is 9.78 Å². The molecule has 2 aliphatic rings. The molecule has 9 aromatic rings. The first-order chi connectivity index (χ1) is 49.0. The van der Waals surface area contributed by atoms with Gasteiger partial charge in [0.05, 0.1) is 66.1 Å². The van der Waals surface area contributed by atoms with Crippen molar-refractivity contribution < 1.29 is 62.1 Å². The largest absolute Gasteiger partial charge is 0.377 e. The predicted octanol–water partition coefficient (Wildman–Crippen LogP) is 12.1. The van der Waals surface area contributed by atoms with Crippen molar-refractivity contribution in [2.75, 3.05) is 72.6 Å². The zero-order valence-corrected chi connectivity index (χ0v) is 63.8. The topological polar surface area (TPSA) is 214 Å². The van der Waals surface area contributed by atoms with Gasteiger partial charge in [0.25, 0.3) is 0 Å². The molecular weight excluding hydrogens is 1450 g/mol. The number of carbonyl (C=O) groups is 1. The van der Waals surface area contributed by atoms with Gasteiger partial charge in [0.1, 0.15) is 31.0 Å². The normalized spacial score (nSPS) is 14.5. The van der Waals surface area contributed by atoms with Gasteiger partial charge >= 0.3 is 0 Å². The fourth-order valence-corrected chi connectivity index (χ4v) is 11.9. The summed E-state index contributed by atoms with van der Waals surface area (Å²) in [4.78, 5) is 42.7. The number of imidazole rings is 5. The molecular formula is C78H113N15O7Os+2. The van der Waals surface area contributed by atoms with E-state index < -0.39 is 0 Å². The number of epoxide rings is 2. The number of carbonyl (C=O) groups excluding carboxylic acids is 1. The number of rotatable bonds is 42. The van der Waals surface area contributed by atoms with Crippen LogP contribution in [0.15, 0.2) is 154 Å². The molecule has 0 aliphatic carbocycles. The van der Waals surface area contributed by atoms with Crippen LogP contribution in [0.1, 0.15) is 157 Å². The smallest absolute Gasteiger partial charge is 0.219 e. The molecule has 548 valence electrons. The summed E-state index contributed by atoms with van der Waals surface area (Å²) in [6.07, 6.45) is 48.8. The summed E-state index contributed by atoms with van der Waals surface area (Å²) in [6.45, 7) is 19.4. The number of hydrogen-bond acceptors (Lipinski definition) is 14. The maximum Gasteiger partial charge on any atom is 0.219 e. The Bertz CT molecular complexity index is 3470. The minimum absolute atomic E-state index is 0. The summed E-state index contributed by atoms with van der Waals surface area (Å²) < 4.78 is 46.0. The molecule has 22 nitrogen and oxygen atoms in total. The monoisotopic (exact) mass is 1560 g/mol. The Morgan fingerprint density at radius 2 is 1.00 bits per heavy atom. The molecule has 23 heteroatoms. The van der Waals surface area contributed by atoms with Crippen LogP contribution in [-0.2, 0) is 101 Å². The van der Waals surface area contributed by atoms with Crippen LogP contribution in [0.5, 0.6) is 0 Å². The van der Waals surface area contributed by atoms with Crippen molar-refractivity contribution in [3.05, 3.63) is 176 Å². The third kappa shape index (κ3) is 29.8. The van der Waals surface area contributed by atoms with Crippen molar-refractivity contribution in [2.24, 2.45) is 28.2 Å². The fraction of sp³-hybridized carbons (Fsp3) is 0.538. The average Bonchev–Trinajstić information content (AvgIpc) is 1.82. The molecule has 11 rings (SSSR count). The number of ether oxygens (including phenoxy) is 6. The molecule has 0 saturated carbocycles. The molecule has 11 heterocycles. The van der Waals surface area contributed by atoms with Crippen molar-refractivity contribution >= 4 is 5.91 Å². The van der Waals surface area contributed by atoms with E-state index >= 15 is 0 Å². The summed E-state index contributed by atoms with van der Waals surface area (Å²) in [5.41, 5.74) is 6.17. The summed E-state index contributed by atoms with van der Waals surface area (Å²) in [5.74, 6) is 6.11. The van der Waals surface area contributed by atoms with Crippen LogP contribution in [-0.4, -0.2) is 148 Å². The van der Waals surface area contributed by atoms with E-state index in [0.717, 1.165) is 144 Å². The van der Waals surface area contributed by atoms with Gasteiger partial charge in [0, 0.05) is 185 Å². The van der Waals surface area contributed by atoms with Crippen molar-refractivity contribution in [1.29, 1.82) is 0 Å². The summed E-state index contributed by atoms with van der Waals surface area (Å²) in [7, 11) is 7.82. The van der Waals surface area contributed by atoms with Gasteiger partial charge in [-0.25, -0.2) is 39.0 Å². The van der Waals surface area contributed by atoms with Gasteiger partial charge < -0.3 is 56.6 Å². The Kier molecular flexibility index (Phi) is 37.0. The Morgan fingerprint density at radius 1 is 0.535 bits per heavy atom. The zero-order valence-electron chi connectivity index (χ0n) is 61.3. The first-order valence-corrected chi connectivity index (χ1v) is 36.5. The average molecular weight is 1560 g/mol. The van der Waals surface area contributed by atoms with E-state index in [2.05, 4.69) is 136 Å². The maximum atomic E-state index is 12.5. The van der Waals surface area contributed by atoms with E-state index in [0.29, 0.717) is 89.2 Å². The minimum atomic E-state index is 0. The maximum absolute atomic E-state index is 12.5. The van der Waals surface area contributed by atoms with E-state index in [1.807, 2.05) is 121 Å². The fourth-order valence-electron chi connectivity index (χ4n) is 11.9. The number of nitrogens with one attached hydrogen (secondary N) is 1. The molecule has 9 aromatic heterocycles. The Balaban J connectivity index is 0.000000263. The Hall–Kier alpha value is -7.48. The molecule has 5 unspecified atom stereocenters. The van der Waals surface area contributed by atoms with Crippen molar-refractivity contribution in [1.82, 2.24) is 63.0 Å². The second kappa shape index (κ2) is 46.2. The van der Waals surface area contributed by atoms with Gasteiger partial charge in [-0.2, -0.15) is 0 Å². The van der Waals surface area contributed by atoms with Gasteiger partial charge in [-0.05, 0) is 117 Å². The summed E-state index contributed by atoms with van der Waals surface area (Å²) >= 11 is 0. The second-order valence-corrected chi connectivity index (χ2v) is 26.2. The third-order valence-corrected chi connectivity index (χ3v) is 18.0. The number of aryl methyl sites for hydroxylation is 8. The zero-order chi connectivity index (χ0) is 70.4. The minimum Gasteiger partial charge on any atom is -0.377 e. The van der Waals surface area contributed by atoms with Crippen LogP contribution in [0.2, 0.25) is 0 Å². The molecule has 0 bridgehead atoms. The van der Waals surface area contributed by atoms with E-state index in [4.69, 9.17) is 28.4 Å². The van der Waals surface area contributed by atoms with Gasteiger partial charge in [0.15, 0.2) is 53.9 Å². The molecule has 1 amide bonds. The van der Waals surface area contributed by atoms with Gasteiger partial charge in [-0.1, -0.05) is 52.5 Å². The molecule has 5 atom stereocenters.